The van der Waals surface area contributed by atoms with Gasteiger partial charge in [0, 0.05) is 17.3 Å². The second-order valence-electron chi connectivity index (χ2n) is 5.95. The first-order chi connectivity index (χ1) is 14.5. The molecule has 1 N–H and O–H groups in total. The molecule has 1 aromatic heterocycles. The molecule has 3 rings (SSSR count). The maximum atomic E-state index is 11.0. The average molecular weight is 447 g/mol. The Balaban J connectivity index is 1.74. The Morgan fingerprint density at radius 1 is 1.23 bits per heavy atom. The number of nitrogens with zero attached hydrogens (tertiary/aromatic N) is 3. The van der Waals surface area contributed by atoms with E-state index in [1.165, 1.54) is 31.7 Å². The van der Waals surface area contributed by atoms with Crippen LogP contribution in [-0.4, -0.2) is 23.2 Å². The molecule has 0 saturated heterocycles. The predicted molar refractivity (Wildman–Crippen MR) is 116 cm³/mol. The monoisotopic (exact) mass is 446 g/mol. The molecule has 0 saturated carbocycles. The van der Waals surface area contributed by atoms with Crippen LogP contribution in [0, 0.1) is 10.1 Å². The summed E-state index contributed by atoms with van der Waals surface area (Å²) in [5.41, 5.74) is 3.89. The molecule has 10 heteroatoms. The minimum absolute atomic E-state index is 0.0275. The van der Waals surface area contributed by atoms with Crippen LogP contribution in [0.2, 0.25) is 10.0 Å². The van der Waals surface area contributed by atoms with Gasteiger partial charge in [-0.2, -0.15) is 5.10 Å². The summed E-state index contributed by atoms with van der Waals surface area (Å²) in [6, 6.07) is 13.4. The fourth-order valence-electron chi connectivity index (χ4n) is 2.49. The Kier molecular flexibility index (Phi) is 7.05. The lowest BCUT2D eigenvalue weighted by Gasteiger charge is -2.13. The highest BCUT2D eigenvalue weighted by Gasteiger charge is 2.14. The van der Waals surface area contributed by atoms with Crippen molar-refractivity contribution in [2.75, 3.05) is 12.5 Å². The van der Waals surface area contributed by atoms with Gasteiger partial charge in [0.25, 0.3) is 0 Å². The summed E-state index contributed by atoms with van der Waals surface area (Å²) >= 11 is 12.2. The Morgan fingerprint density at radius 3 is 2.70 bits per heavy atom. The highest BCUT2D eigenvalue weighted by atomic mass is 35.5. The number of hydrazone groups is 1. The molecule has 0 atom stereocenters. The summed E-state index contributed by atoms with van der Waals surface area (Å²) in [7, 11) is 1.50. The normalized spacial score (nSPS) is 10.8. The third-order valence-corrected chi connectivity index (χ3v) is 4.45. The number of hydrogen-bond acceptors (Lipinski definition) is 7. The summed E-state index contributed by atoms with van der Waals surface area (Å²) < 4.78 is 11.2. The molecule has 154 valence electrons. The Morgan fingerprint density at radius 2 is 2.00 bits per heavy atom. The van der Waals surface area contributed by atoms with Crippen molar-refractivity contribution in [2.45, 2.75) is 6.61 Å². The van der Waals surface area contributed by atoms with Gasteiger partial charge >= 0.3 is 5.69 Å². The van der Waals surface area contributed by atoms with Crippen LogP contribution in [0.5, 0.6) is 11.5 Å². The van der Waals surface area contributed by atoms with Gasteiger partial charge in [0.2, 0.25) is 5.82 Å². The van der Waals surface area contributed by atoms with E-state index in [0.29, 0.717) is 27.1 Å². The van der Waals surface area contributed by atoms with Crippen molar-refractivity contribution in [1.82, 2.24) is 4.98 Å². The minimum atomic E-state index is -0.544. The number of aromatic nitrogens is 1. The molecule has 2 aromatic carbocycles. The second kappa shape index (κ2) is 9.91. The van der Waals surface area contributed by atoms with Gasteiger partial charge in [0.1, 0.15) is 6.61 Å². The van der Waals surface area contributed by atoms with E-state index < -0.39 is 4.92 Å². The fraction of sp³-hybridized carbons (Fsp3) is 0.100. The lowest BCUT2D eigenvalue weighted by Crippen LogP contribution is -2.00. The molecule has 30 heavy (non-hydrogen) atoms. The predicted octanol–water partition coefficient (Wildman–Crippen LogP) is 5.33. The van der Waals surface area contributed by atoms with E-state index in [2.05, 4.69) is 15.5 Å². The molecule has 1 heterocycles. The van der Waals surface area contributed by atoms with Gasteiger partial charge in [0.05, 0.1) is 23.3 Å². The Labute approximate surface area is 182 Å². The van der Waals surface area contributed by atoms with Gasteiger partial charge in [0.15, 0.2) is 11.5 Å². The van der Waals surface area contributed by atoms with Crippen molar-refractivity contribution in [2.24, 2.45) is 5.10 Å². The first kappa shape index (κ1) is 21.4. The van der Waals surface area contributed by atoms with Gasteiger partial charge in [-0.25, -0.2) is 4.98 Å². The fourth-order valence-corrected chi connectivity index (χ4v) is 2.89. The number of benzene rings is 2. The van der Waals surface area contributed by atoms with Crippen molar-refractivity contribution in [3.05, 3.63) is 86.0 Å². The molecule has 0 bridgehead atoms. The molecule has 0 aliphatic rings. The number of hydrogen-bond donors (Lipinski definition) is 1. The summed E-state index contributed by atoms with van der Waals surface area (Å²) in [6.07, 6.45) is 2.87. The molecule has 0 amide bonds. The van der Waals surface area contributed by atoms with Gasteiger partial charge < -0.3 is 9.47 Å². The number of pyridine rings is 1. The lowest BCUT2D eigenvalue weighted by molar-refractivity contribution is -0.384. The number of methoxy groups -OCH3 is 1. The van der Waals surface area contributed by atoms with Gasteiger partial charge in [-0.1, -0.05) is 35.3 Å². The molecular weight excluding hydrogens is 431 g/mol. The maximum absolute atomic E-state index is 11.0. The van der Waals surface area contributed by atoms with E-state index in [0.717, 1.165) is 5.56 Å². The third-order valence-electron chi connectivity index (χ3n) is 3.92. The summed E-state index contributed by atoms with van der Waals surface area (Å²) in [5.74, 6) is 0.834. The SMILES string of the molecule is COc1cc(/C=N\Nc2ncccc2[N+](=O)[O-])cc(Cl)c1OCc1ccc(Cl)cc1. The number of anilines is 1. The number of rotatable bonds is 8. The summed E-state index contributed by atoms with van der Waals surface area (Å²) in [5, 5.41) is 16.0. The van der Waals surface area contributed by atoms with E-state index in [4.69, 9.17) is 32.7 Å². The van der Waals surface area contributed by atoms with E-state index in [9.17, 15) is 10.1 Å². The van der Waals surface area contributed by atoms with E-state index in [-0.39, 0.29) is 18.1 Å². The largest absolute Gasteiger partial charge is 0.493 e. The molecule has 0 fully saturated rings. The number of nitro groups is 1. The van der Waals surface area contributed by atoms with Crippen LogP contribution in [0.25, 0.3) is 0 Å². The Bertz CT molecular complexity index is 1070. The molecule has 0 aliphatic carbocycles. The quantitative estimate of drug-likeness (QED) is 0.285. The molecule has 8 nitrogen and oxygen atoms in total. The van der Waals surface area contributed by atoms with Gasteiger partial charge in [-0.05, 0) is 41.5 Å². The number of nitrogens with one attached hydrogen (secondary N) is 1. The summed E-state index contributed by atoms with van der Waals surface area (Å²) in [4.78, 5) is 14.4. The van der Waals surface area contributed by atoms with Crippen LogP contribution in [-0.2, 0) is 6.61 Å². The zero-order chi connectivity index (χ0) is 21.5. The lowest BCUT2D eigenvalue weighted by atomic mass is 10.2. The first-order valence-electron chi connectivity index (χ1n) is 8.61. The first-order valence-corrected chi connectivity index (χ1v) is 9.37. The third kappa shape index (κ3) is 5.37. The zero-order valence-corrected chi connectivity index (χ0v) is 17.2. The van der Waals surface area contributed by atoms with E-state index in [1.807, 2.05) is 12.1 Å². The molecule has 0 unspecified atom stereocenters. The minimum Gasteiger partial charge on any atom is -0.493 e. The summed E-state index contributed by atoms with van der Waals surface area (Å²) in [6.45, 7) is 0.283. The van der Waals surface area contributed by atoms with Crippen molar-refractivity contribution in [1.29, 1.82) is 0 Å². The molecule has 0 aliphatic heterocycles. The van der Waals surface area contributed by atoms with Crippen LogP contribution in [0.3, 0.4) is 0 Å². The van der Waals surface area contributed by atoms with Crippen LogP contribution in [0.4, 0.5) is 11.5 Å². The highest BCUT2D eigenvalue weighted by Crippen LogP contribution is 2.36. The average Bonchev–Trinajstić information content (AvgIpc) is 2.74. The van der Waals surface area contributed by atoms with Gasteiger partial charge in [-0.3, -0.25) is 15.5 Å². The number of halogens is 2. The number of ether oxygens (including phenoxy) is 2. The molecular formula is C20H16Cl2N4O4. The standard InChI is InChI=1S/C20H16Cl2N4O4/c1-29-18-10-14(11-24-25-20-17(26(27)28)3-2-8-23-20)9-16(22)19(18)30-12-13-4-6-15(21)7-5-13/h2-11H,12H2,1H3,(H,23,25)/b24-11-. The van der Waals surface area contributed by atoms with E-state index >= 15 is 0 Å². The van der Waals surface area contributed by atoms with Crippen molar-refractivity contribution >= 4 is 40.9 Å². The zero-order valence-electron chi connectivity index (χ0n) is 15.7. The van der Waals surface area contributed by atoms with Crippen molar-refractivity contribution in [3.63, 3.8) is 0 Å². The second-order valence-corrected chi connectivity index (χ2v) is 6.79. The molecule has 3 aromatic rings. The van der Waals surface area contributed by atoms with Crippen molar-refractivity contribution < 1.29 is 14.4 Å². The van der Waals surface area contributed by atoms with Crippen LogP contribution < -0.4 is 14.9 Å². The van der Waals surface area contributed by atoms with Crippen LogP contribution >= 0.6 is 23.2 Å². The van der Waals surface area contributed by atoms with Crippen molar-refractivity contribution in [3.8, 4) is 11.5 Å². The highest BCUT2D eigenvalue weighted by molar-refractivity contribution is 6.32. The van der Waals surface area contributed by atoms with Gasteiger partial charge in [-0.15, -0.1) is 0 Å². The smallest absolute Gasteiger partial charge is 0.313 e. The maximum Gasteiger partial charge on any atom is 0.313 e. The van der Waals surface area contributed by atoms with Crippen LogP contribution in [0.1, 0.15) is 11.1 Å². The van der Waals surface area contributed by atoms with Crippen LogP contribution in [0.15, 0.2) is 59.8 Å². The Hall–Kier alpha value is -3.36. The molecule has 0 radical (unpaired) electrons. The molecule has 0 spiro atoms. The topological polar surface area (TPSA) is 98.9 Å². The van der Waals surface area contributed by atoms with E-state index in [1.54, 1.807) is 24.3 Å².